The molecule has 1 saturated heterocycles. The molecule has 132 valence electrons. The lowest BCUT2D eigenvalue weighted by atomic mass is 10.0. The second-order valence-electron chi connectivity index (χ2n) is 5.69. The molecule has 1 heterocycles. The van der Waals surface area contributed by atoms with Crippen molar-refractivity contribution in [3.8, 4) is 0 Å². The van der Waals surface area contributed by atoms with Crippen LogP contribution in [0.4, 0.5) is 0 Å². The van der Waals surface area contributed by atoms with Gasteiger partial charge in [0, 0.05) is 26.1 Å². The normalized spacial score (nSPS) is 15.6. The van der Waals surface area contributed by atoms with Crippen LogP contribution in [0.1, 0.15) is 5.56 Å². The molecule has 0 saturated carbocycles. The third-order valence-corrected chi connectivity index (χ3v) is 4.03. The molecule has 2 aromatic rings. The summed E-state index contributed by atoms with van der Waals surface area (Å²) in [6.45, 7) is 5.38. The summed E-state index contributed by atoms with van der Waals surface area (Å²) in [7, 11) is 0. The molecule has 2 N–H and O–H groups in total. The molecule has 0 aliphatic carbocycles. The zero-order valence-corrected chi connectivity index (χ0v) is 15.3. The lowest BCUT2D eigenvalue weighted by molar-refractivity contribution is 0.0394. The number of halogens is 2. The number of ether oxygens (including phenoxy) is 1. The van der Waals surface area contributed by atoms with Crippen molar-refractivity contribution in [2.24, 2.45) is 10.7 Å². The molecular weight excluding hydrogens is 345 g/mol. The highest BCUT2D eigenvalue weighted by Gasteiger charge is 2.09. The second kappa shape index (κ2) is 10.5. The standard InChI is InChI=1S/C18H23N3O.2ClH/c19-18(20-7-8-21-9-11-22-12-10-21)14-15-5-6-16-3-1-2-4-17(16)13-15;;/h1-6,13H,7-12,14H2,(H2,19,20);2*1H. The van der Waals surface area contributed by atoms with Gasteiger partial charge in [-0.05, 0) is 16.3 Å². The summed E-state index contributed by atoms with van der Waals surface area (Å²) in [6.07, 6.45) is 0.716. The molecule has 1 aliphatic heterocycles. The number of nitrogens with zero attached hydrogens (tertiary/aromatic N) is 2. The zero-order valence-electron chi connectivity index (χ0n) is 13.7. The average Bonchev–Trinajstić information content (AvgIpc) is 2.56. The van der Waals surface area contributed by atoms with Crippen LogP contribution in [-0.2, 0) is 11.2 Å². The number of amidine groups is 1. The van der Waals surface area contributed by atoms with Crippen molar-refractivity contribution in [2.75, 3.05) is 39.4 Å². The molecule has 0 atom stereocenters. The zero-order chi connectivity index (χ0) is 15.2. The summed E-state index contributed by atoms with van der Waals surface area (Å²) in [5, 5.41) is 2.51. The van der Waals surface area contributed by atoms with Crippen molar-refractivity contribution in [1.82, 2.24) is 4.90 Å². The average molecular weight is 370 g/mol. The minimum atomic E-state index is 0. The number of hydrogen-bond donors (Lipinski definition) is 1. The summed E-state index contributed by atoms with van der Waals surface area (Å²) in [6, 6.07) is 14.8. The van der Waals surface area contributed by atoms with Gasteiger partial charge in [0.25, 0.3) is 0 Å². The number of benzene rings is 2. The van der Waals surface area contributed by atoms with E-state index in [0.29, 0.717) is 12.3 Å². The maximum Gasteiger partial charge on any atom is 0.0982 e. The van der Waals surface area contributed by atoms with E-state index in [1.165, 1.54) is 16.3 Å². The van der Waals surface area contributed by atoms with Gasteiger partial charge in [0.2, 0.25) is 0 Å². The van der Waals surface area contributed by atoms with Crippen LogP contribution in [0.3, 0.4) is 0 Å². The van der Waals surface area contributed by atoms with Crippen LogP contribution in [-0.4, -0.2) is 50.1 Å². The highest BCUT2D eigenvalue weighted by Crippen LogP contribution is 2.15. The summed E-state index contributed by atoms with van der Waals surface area (Å²) < 4.78 is 5.34. The molecule has 1 fully saturated rings. The molecule has 0 unspecified atom stereocenters. The molecule has 0 spiro atoms. The van der Waals surface area contributed by atoms with Crippen LogP contribution >= 0.6 is 24.8 Å². The van der Waals surface area contributed by atoms with Gasteiger partial charge in [0.15, 0.2) is 0 Å². The second-order valence-corrected chi connectivity index (χ2v) is 5.69. The molecule has 0 radical (unpaired) electrons. The molecule has 0 bridgehead atoms. The number of nitrogens with two attached hydrogens (primary N) is 1. The van der Waals surface area contributed by atoms with Crippen molar-refractivity contribution in [2.45, 2.75) is 6.42 Å². The Morgan fingerprint density at radius 3 is 2.50 bits per heavy atom. The van der Waals surface area contributed by atoms with Crippen LogP contribution in [0.5, 0.6) is 0 Å². The largest absolute Gasteiger partial charge is 0.387 e. The number of hydrogen-bond acceptors (Lipinski definition) is 3. The van der Waals surface area contributed by atoms with Crippen LogP contribution in [0.15, 0.2) is 47.5 Å². The fourth-order valence-corrected chi connectivity index (χ4v) is 2.77. The molecule has 0 aromatic heterocycles. The lowest BCUT2D eigenvalue weighted by Crippen LogP contribution is -2.38. The first-order valence-corrected chi connectivity index (χ1v) is 7.88. The van der Waals surface area contributed by atoms with Gasteiger partial charge in [-0.15, -0.1) is 24.8 Å². The topological polar surface area (TPSA) is 50.8 Å². The predicted molar refractivity (Wildman–Crippen MR) is 106 cm³/mol. The SMILES string of the molecule is Cl.Cl.NC(Cc1ccc2ccccc2c1)=NCCN1CCOCC1. The van der Waals surface area contributed by atoms with E-state index in [-0.39, 0.29) is 24.8 Å². The Labute approximate surface area is 155 Å². The van der Waals surface area contributed by atoms with E-state index in [9.17, 15) is 0 Å². The fourth-order valence-electron chi connectivity index (χ4n) is 2.77. The van der Waals surface area contributed by atoms with Crippen LogP contribution < -0.4 is 5.73 Å². The molecular formula is C18H25Cl2N3O. The molecule has 4 nitrogen and oxygen atoms in total. The van der Waals surface area contributed by atoms with Crippen molar-refractivity contribution >= 4 is 41.4 Å². The fraction of sp³-hybridized carbons (Fsp3) is 0.389. The third kappa shape index (κ3) is 5.95. The monoisotopic (exact) mass is 369 g/mol. The molecule has 24 heavy (non-hydrogen) atoms. The molecule has 3 rings (SSSR count). The summed E-state index contributed by atoms with van der Waals surface area (Å²) in [4.78, 5) is 6.88. The van der Waals surface area contributed by atoms with Crippen molar-refractivity contribution in [3.63, 3.8) is 0 Å². The highest BCUT2D eigenvalue weighted by molar-refractivity contribution is 5.87. The van der Waals surface area contributed by atoms with Gasteiger partial charge in [-0.25, -0.2) is 0 Å². The molecule has 6 heteroatoms. The summed E-state index contributed by atoms with van der Waals surface area (Å²) in [5.41, 5.74) is 7.29. The first kappa shape index (κ1) is 20.7. The van der Waals surface area contributed by atoms with Gasteiger partial charge < -0.3 is 10.5 Å². The van der Waals surface area contributed by atoms with E-state index in [1.807, 2.05) is 0 Å². The van der Waals surface area contributed by atoms with E-state index in [1.54, 1.807) is 0 Å². The van der Waals surface area contributed by atoms with Gasteiger partial charge in [0.05, 0.1) is 25.6 Å². The lowest BCUT2D eigenvalue weighted by Gasteiger charge is -2.25. The Morgan fingerprint density at radius 2 is 1.75 bits per heavy atom. The van der Waals surface area contributed by atoms with Gasteiger partial charge in [-0.3, -0.25) is 9.89 Å². The Kier molecular flexibility index (Phi) is 9.08. The Bertz CT molecular complexity index is 658. The number of rotatable bonds is 5. The van der Waals surface area contributed by atoms with Crippen molar-refractivity contribution in [1.29, 1.82) is 0 Å². The van der Waals surface area contributed by atoms with Gasteiger partial charge >= 0.3 is 0 Å². The number of fused-ring (bicyclic) bond motifs is 1. The number of morpholine rings is 1. The van der Waals surface area contributed by atoms with Gasteiger partial charge in [-0.2, -0.15) is 0 Å². The molecule has 0 amide bonds. The first-order valence-electron chi connectivity index (χ1n) is 7.88. The van der Waals surface area contributed by atoms with Crippen LogP contribution in [0.25, 0.3) is 10.8 Å². The third-order valence-electron chi connectivity index (χ3n) is 4.03. The minimum absolute atomic E-state index is 0. The Morgan fingerprint density at radius 1 is 1.04 bits per heavy atom. The minimum Gasteiger partial charge on any atom is -0.387 e. The van der Waals surface area contributed by atoms with Crippen molar-refractivity contribution in [3.05, 3.63) is 48.0 Å². The first-order chi connectivity index (χ1) is 10.8. The maximum atomic E-state index is 6.07. The quantitative estimate of drug-likeness (QED) is 0.651. The highest BCUT2D eigenvalue weighted by atomic mass is 35.5. The van der Waals surface area contributed by atoms with E-state index in [0.717, 1.165) is 39.4 Å². The van der Waals surface area contributed by atoms with Crippen LogP contribution in [0.2, 0.25) is 0 Å². The molecule has 2 aromatic carbocycles. The van der Waals surface area contributed by atoms with E-state index < -0.39 is 0 Å². The summed E-state index contributed by atoms with van der Waals surface area (Å²) in [5.74, 6) is 0.712. The van der Waals surface area contributed by atoms with Gasteiger partial charge in [0.1, 0.15) is 0 Å². The summed E-state index contributed by atoms with van der Waals surface area (Å²) >= 11 is 0. The Hall–Kier alpha value is -1.33. The van der Waals surface area contributed by atoms with Crippen molar-refractivity contribution < 1.29 is 4.74 Å². The van der Waals surface area contributed by atoms with E-state index in [4.69, 9.17) is 10.5 Å². The molecule has 1 aliphatic rings. The maximum absolute atomic E-state index is 6.07. The van der Waals surface area contributed by atoms with E-state index in [2.05, 4.69) is 52.4 Å². The predicted octanol–water partition coefficient (Wildman–Crippen LogP) is 2.92. The Balaban J connectivity index is 0.00000144. The van der Waals surface area contributed by atoms with E-state index >= 15 is 0 Å². The smallest absolute Gasteiger partial charge is 0.0982 e. The van der Waals surface area contributed by atoms with Crippen LogP contribution in [0, 0.1) is 0 Å². The number of aliphatic imine (C=N–C) groups is 1. The van der Waals surface area contributed by atoms with Gasteiger partial charge in [-0.1, -0.05) is 42.5 Å².